The molecule has 0 unspecified atom stereocenters. The Labute approximate surface area is 176 Å². The van der Waals surface area contributed by atoms with Gasteiger partial charge >= 0.3 is 5.69 Å². The fraction of sp³-hybridized carbons (Fsp3) is 0.190. The summed E-state index contributed by atoms with van der Waals surface area (Å²) in [5.41, 5.74) is 2.08. The molecule has 0 spiro atoms. The van der Waals surface area contributed by atoms with Crippen molar-refractivity contribution < 1.29 is 14.1 Å². The number of hydrogen-bond acceptors (Lipinski definition) is 7. The maximum Gasteiger partial charge on any atom is 0.307 e. The van der Waals surface area contributed by atoms with Gasteiger partial charge in [-0.15, -0.1) is 0 Å². The fourth-order valence-corrected chi connectivity index (χ4v) is 3.30. The van der Waals surface area contributed by atoms with Crippen molar-refractivity contribution in [1.82, 2.24) is 19.7 Å². The summed E-state index contributed by atoms with van der Waals surface area (Å²) in [5.74, 6) is -0.487. The Morgan fingerprint density at radius 1 is 1.19 bits per heavy atom. The Balaban J connectivity index is 1.69. The van der Waals surface area contributed by atoms with Gasteiger partial charge < -0.3 is 10.1 Å². The third-order valence-corrected chi connectivity index (χ3v) is 4.78. The van der Waals surface area contributed by atoms with Crippen LogP contribution >= 0.6 is 0 Å². The van der Waals surface area contributed by atoms with Crippen molar-refractivity contribution in [2.75, 3.05) is 12.4 Å². The van der Waals surface area contributed by atoms with Gasteiger partial charge in [0.1, 0.15) is 17.9 Å². The van der Waals surface area contributed by atoms with Crippen LogP contribution in [-0.2, 0) is 0 Å². The predicted octanol–water partition coefficient (Wildman–Crippen LogP) is 4.87. The number of rotatable bonds is 6. The highest BCUT2D eigenvalue weighted by Gasteiger charge is 2.19. The molecule has 0 aliphatic rings. The number of nitrogens with one attached hydrogen (secondary N) is 1. The first kappa shape index (κ1) is 20.2. The summed E-state index contributed by atoms with van der Waals surface area (Å²) >= 11 is 0. The van der Waals surface area contributed by atoms with Crippen molar-refractivity contribution in [2.24, 2.45) is 0 Å². The van der Waals surface area contributed by atoms with E-state index in [9.17, 15) is 14.5 Å². The van der Waals surface area contributed by atoms with Gasteiger partial charge in [-0.2, -0.15) is 9.49 Å². The van der Waals surface area contributed by atoms with E-state index in [0.29, 0.717) is 11.5 Å². The zero-order chi connectivity index (χ0) is 22.1. The Morgan fingerprint density at radius 3 is 2.71 bits per heavy atom. The molecule has 0 aliphatic heterocycles. The number of hydrogen-bond donors (Lipinski definition) is 1. The lowest BCUT2D eigenvalue weighted by molar-refractivity contribution is -0.387. The monoisotopic (exact) mass is 422 g/mol. The van der Waals surface area contributed by atoms with Gasteiger partial charge in [0.05, 0.1) is 35.1 Å². The maximum absolute atomic E-state index is 13.9. The number of methoxy groups -OCH3 is 1. The fourth-order valence-electron chi connectivity index (χ4n) is 3.30. The Bertz CT molecular complexity index is 1290. The van der Waals surface area contributed by atoms with Crippen molar-refractivity contribution in [3.8, 4) is 17.0 Å². The van der Waals surface area contributed by atoms with E-state index in [2.05, 4.69) is 34.2 Å². The van der Waals surface area contributed by atoms with Crippen LogP contribution in [0.25, 0.3) is 22.2 Å². The minimum absolute atomic E-state index is 0.116. The van der Waals surface area contributed by atoms with Gasteiger partial charge in [0.25, 0.3) is 0 Å². The van der Waals surface area contributed by atoms with E-state index in [4.69, 9.17) is 4.74 Å². The first-order chi connectivity index (χ1) is 14.9. The van der Waals surface area contributed by atoms with Crippen LogP contribution in [0.2, 0.25) is 0 Å². The largest absolute Gasteiger partial charge is 0.494 e. The van der Waals surface area contributed by atoms with Gasteiger partial charge in [-0.25, -0.2) is 9.97 Å². The number of ether oxygens (including phenoxy) is 1. The Morgan fingerprint density at radius 2 is 2.00 bits per heavy atom. The highest BCUT2D eigenvalue weighted by molar-refractivity contribution is 5.84. The summed E-state index contributed by atoms with van der Waals surface area (Å²) in [5, 5.41) is 19.4. The molecular formula is C21H19FN6O3. The number of nitro benzene ring substituents is 1. The first-order valence-corrected chi connectivity index (χ1v) is 9.46. The van der Waals surface area contributed by atoms with Gasteiger partial charge in [0.15, 0.2) is 0 Å². The number of fused-ring (bicyclic) bond motifs is 1. The Hall–Kier alpha value is -4.08. The smallest absolute Gasteiger partial charge is 0.307 e. The molecule has 31 heavy (non-hydrogen) atoms. The summed E-state index contributed by atoms with van der Waals surface area (Å²) in [6, 6.07) is 9.88. The van der Waals surface area contributed by atoms with Gasteiger partial charge in [-0.05, 0) is 26.0 Å². The summed E-state index contributed by atoms with van der Waals surface area (Å²) in [6.45, 7) is 4.13. The SMILES string of the molecule is COc1cc(F)c([N+](=O)[O-])cc1Nc1cc(-c2ccc3c(cnn3C(C)C)c2)ncn1. The number of aromatic nitrogens is 4. The molecule has 0 atom stereocenters. The number of nitrogens with zero attached hydrogens (tertiary/aromatic N) is 5. The quantitative estimate of drug-likeness (QED) is 0.349. The van der Waals surface area contributed by atoms with Crippen LogP contribution < -0.4 is 10.1 Å². The molecule has 0 amide bonds. The molecular weight excluding hydrogens is 403 g/mol. The molecule has 2 aromatic heterocycles. The topological polar surface area (TPSA) is 108 Å². The van der Waals surface area contributed by atoms with Gasteiger partial charge in [0, 0.05) is 35.2 Å². The molecule has 0 fully saturated rings. The number of anilines is 2. The lowest BCUT2D eigenvalue weighted by Crippen LogP contribution is -2.02. The van der Waals surface area contributed by atoms with Crippen molar-refractivity contribution >= 4 is 28.1 Å². The lowest BCUT2D eigenvalue weighted by atomic mass is 10.1. The second kappa shape index (κ2) is 7.98. The third kappa shape index (κ3) is 3.87. The number of halogens is 1. The second-order valence-electron chi connectivity index (χ2n) is 7.13. The Kier molecular flexibility index (Phi) is 5.20. The average molecular weight is 422 g/mol. The van der Waals surface area contributed by atoms with Crippen LogP contribution in [0.3, 0.4) is 0 Å². The molecule has 9 nitrogen and oxygen atoms in total. The summed E-state index contributed by atoms with van der Waals surface area (Å²) in [7, 11) is 1.35. The van der Waals surface area contributed by atoms with Crippen molar-refractivity contribution in [2.45, 2.75) is 19.9 Å². The van der Waals surface area contributed by atoms with Crippen molar-refractivity contribution in [1.29, 1.82) is 0 Å². The molecule has 0 saturated heterocycles. The molecule has 4 rings (SSSR count). The minimum Gasteiger partial charge on any atom is -0.494 e. The van der Waals surface area contributed by atoms with Gasteiger partial charge in [-0.3, -0.25) is 14.8 Å². The highest BCUT2D eigenvalue weighted by atomic mass is 19.1. The van der Waals surface area contributed by atoms with E-state index in [0.717, 1.165) is 28.6 Å². The highest BCUT2D eigenvalue weighted by Crippen LogP contribution is 2.34. The lowest BCUT2D eigenvalue weighted by Gasteiger charge is -2.12. The van der Waals surface area contributed by atoms with E-state index >= 15 is 0 Å². The van der Waals surface area contributed by atoms with Crippen molar-refractivity contribution in [3.63, 3.8) is 0 Å². The number of nitro groups is 1. The molecule has 0 aliphatic carbocycles. The van der Waals surface area contributed by atoms with Gasteiger partial charge in [0.2, 0.25) is 5.82 Å². The molecule has 0 bridgehead atoms. The summed E-state index contributed by atoms with van der Waals surface area (Å²) in [6.07, 6.45) is 3.19. The van der Waals surface area contributed by atoms with E-state index in [1.54, 1.807) is 6.07 Å². The molecule has 10 heteroatoms. The van der Waals surface area contributed by atoms with Gasteiger partial charge in [-0.1, -0.05) is 6.07 Å². The number of benzene rings is 2. The maximum atomic E-state index is 13.9. The van der Waals surface area contributed by atoms with Crippen LogP contribution in [0.5, 0.6) is 5.75 Å². The van der Waals surface area contributed by atoms with Crippen molar-refractivity contribution in [3.05, 3.63) is 64.9 Å². The molecule has 2 aromatic carbocycles. The predicted molar refractivity (Wildman–Crippen MR) is 114 cm³/mol. The molecule has 0 saturated carbocycles. The van der Waals surface area contributed by atoms with Crippen LogP contribution in [0.15, 0.2) is 48.9 Å². The minimum atomic E-state index is -0.981. The molecule has 2 heterocycles. The van der Waals surface area contributed by atoms with E-state index in [1.165, 1.54) is 13.4 Å². The zero-order valence-corrected chi connectivity index (χ0v) is 17.0. The standard InChI is InChI=1S/C21H19FN6O3/c1-12(2)27-18-5-4-13(6-14(18)10-25-27)16-9-21(24-11-23-16)26-17-8-19(28(29)30)15(22)7-20(17)31-3/h4-12H,1-3H3,(H,23,24,26). The normalized spacial score (nSPS) is 11.1. The van der Waals surface area contributed by atoms with Crippen LogP contribution in [0, 0.1) is 15.9 Å². The van der Waals surface area contributed by atoms with Crippen LogP contribution in [-0.4, -0.2) is 31.8 Å². The van der Waals surface area contributed by atoms with E-state index in [-0.39, 0.29) is 17.5 Å². The third-order valence-electron chi connectivity index (χ3n) is 4.78. The van der Waals surface area contributed by atoms with E-state index < -0.39 is 16.4 Å². The summed E-state index contributed by atoms with van der Waals surface area (Å²) < 4.78 is 21.0. The van der Waals surface area contributed by atoms with E-state index in [1.807, 2.05) is 29.1 Å². The molecule has 0 radical (unpaired) electrons. The molecule has 1 N–H and O–H groups in total. The summed E-state index contributed by atoms with van der Waals surface area (Å²) in [4.78, 5) is 18.8. The van der Waals surface area contributed by atoms with Crippen LogP contribution in [0.4, 0.5) is 21.6 Å². The zero-order valence-electron chi connectivity index (χ0n) is 17.0. The molecule has 4 aromatic rings. The van der Waals surface area contributed by atoms with Crippen LogP contribution in [0.1, 0.15) is 19.9 Å². The molecule has 158 valence electrons. The second-order valence-corrected chi connectivity index (χ2v) is 7.13. The first-order valence-electron chi connectivity index (χ1n) is 9.46. The average Bonchev–Trinajstić information content (AvgIpc) is 3.18.